The highest BCUT2D eigenvalue weighted by Gasteiger charge is 2.22. The maximum atomic E-state index is 13.9. The first-order chi connectivity index (χ1) is 8.13. The van der Waals surface area contributed by atoms with Crippen LogP contribution in [0.5, 0.6) is 0 Å². The maximum absolute atomic E-state index is 13.9. The van der Waals surface area contributed by atoms with Crippen LogP contribution >= 0.6 is 46.1 Å². The number of aliphatic hydroxyl groups is 1. The molecular weight excluding hydrogens is 420 g/mol. The van der Waals surface area contributed by atoms with Crippen LogP contribution < -0.4 is 5.32 Å². The van der Waals surface area contributed by atoms with E-state index in [1.807, 2.05) is 21.2 Å². The molecule has 1 atom stereocenters. The van der Waals surface area contributed by atoms with Crippen LogP contribution in [0, 0.1) is 17.0 Å². The van der Waals surface area contributed by atoms with E-state index in [0.29, 0.717) is 28.7 Å². The zero-order chi connectivity index (χ0) is 12.4. The summed E-state index contributed by atoms with van der Waals surface area (Å²) in [7, 11) is 1.31. The largest absolute Gasteiger partial charge is 0.391 e. The number of aliphatic hydroxyl groups excluding tert-OH is 1. The number of β-amino-alcohol motifs (C(OH)–C–C–N with tert-alkyl or cyclic N) is 1. The van der Waals surface area contributed by atoms with Gasteiger partial charge in [-0.15, -0.1) is 0 Å². The van der Waals surface area contributed by atoms with Gasteiger partial charge in [-0.2, -0.15) is 0 Å². The van der Waals surface area contributed by atoms with E-state index in [9.17, 15) is 9.50 Å². The van der Waals surface area contributed by atoms with Gasteiger partial charge in [-0.3, -0.25) is 0 Å². The van der Waals surface area contributed by atoms with Gasteiger partial charge in [0.15, 0.2) is 5.82 Å². The minimum Gasteiger partial charge on any atom is -0.391 e. The molecular formula is C11H8BrFINOS. The first-order valence-electron chi connectivity index (χ1n) is 4.85. The zero-order valence-electron chi connectivity index (χ0n) is 8.56. The highest BCUT2D eigenvalue weighted by molar-refractivity contribution is 14.2. The third-order valence-electron chi connectivity index (χ3n) is 2.49. The second kappa shape index (κ2) is 5.78. The highest BCUT2D eigenvalue weighted by Crippen LogP contribution is 2.32. The van der Waals surface area contributed by atoms with E-state index in [-0.39, 0.29) is 5.82 Å². The fourth-order valence-corrected chi connectivity index (χ4v) is 2.72. The van der Waals surface area contributed by atoms with Crippen molar-refractivity contribution >= 4 is 51.8 Å². The number of benzene rings is 1. The molecule has 0 aromatic heterocycles. The Labute approximate surface area is 123 Å². The van der Waals surface area contributed by atoms with Crippen molar-refractivity contribution in [3.05, 3.63) is 27.5 Å². The normalized spacial score (nSPS) is 17.8. The van der Waals surface area contributed by atoms with Gasteiger partial charge < -0.3 is 10.4 Å². The summed E-state index contributed by atoms with van der Waals surface area (Å²) in [6, 6.07) is 1.70. The zero-order valence-corrected chi connectivity index (χ0v) is 13.1. The summed E-state index contributed by atoms with van der Waals surface area (Å²) in [5, 5.41) is 15.4. The fraction of sp³-hybridized carbons (Fsp3) is 0.273. The number of anilines is 1. The van der Waals surface area contributed by atoms with Crippen molar-refractivity contribution in [3.8, 4) is 11.2 Å². The molecule has 0 saturated heterocycles. The first-order valence-corrected chi connectivity index (χ1v) is 9.00. The minimum atomic E-state index is -0.431. The number of hydrogen-bond acceptors (Lipinski definition) is 3. The molecule has 1 heterocycles. The van der Waals surface area contributed by atoms with E-state index in [1.54, 1.807) is 6.07 Å². The van der Waals surface area contributed by atoms with Gasteiger partial charge in [-0.1, -0.05) is 0 Å². The molecule has 6 heteroatoms. The van der Waals surface area contributed by atoms with E-state index in [4.69, 9.17) is 0 Å². The molecule has 0 saturated carbocycles. The van der Waals surface area contributed by atoms with Gasteiger partial charge in [0.2, 0.25) is 0 Å². The van der Waals surface area contributed by atoms with Gasteiger partial charge in [0.1, 0.15) is 0 Å². The summed E-state index contributed by atoms with van der Waals surface area (Å²) in [4.78, 5) is 0. The summed E-state index contributed by atoms with van der Waals surface area (Å²) < 4.78 is 14.3. The predicted molar refractivity (Wildman–Crippen MR) is 80.8 cm³/mol. The van der Waals surface area contributed by atoms with E-state index < -0.39 is 6.10 Å². The highest BCUT2D eigenvalue weighted by atomic mass is 127. The van der Waals surface area contributed by atoms with Crippen molar-refractivity contribution in [2.45, 2.75) is 12.5 Å². The van der Waals surface area contributed by atoms with E-state index in [0.717, 1.165) is 5.56 Å². The van der Waals surface area contributed by atoms with Gasteiger partial charge >= 0.3 is 0 Å². The molecule has 0 bridgehead atoms. The number of nitrogens with one attached hydrogen (secondary N) is 1. The molecule has 1 aliphatic heterocycles. The SMILES string of the molecule is OC1CNc2c(cc(Br)c(F)c2C#CSI)C1. The molecule has 90 valence electrons. The lowest BCUT2D eigenvalue weighted by Crippen LogP contribution is -2.28. The third kappa shape index (κ3) is 2.89. The second-order valence-corrected chi connectivity index (χ2v) is 6.16. The maximum Gasteiger partial charge on any atom is 0.155 e. The number of halogens is 3. The van der Waals surface area contributed by atoms with Gasteiger partial charge in [0.25, 0.3) is 0 Å². The molecule has 0 aliphatic carbocycles. The van der Waals surface area contributed by atoms with Crippen LogP contribution in [0.4, 0.5) is 10.1 Å². The molecule has 1 unspecified atom stereocenters. The summed E-state index contributed by atoms with van der Waals surface area (Å²) in [6.07, 6.45) is 0.0902. The van der Waals surface area contributed by atoms with Crippen molar-refractivity contribution in [2.75, 3.05) is 11.9 Å². The van der Waals surface area contributed by atoms with Crippen molar-refractivity contribution in [2.24, 2.45) is 0 Å². The van der Waals surface area contributed by atoms with Crippen LogP contribution in [0.3, 0.4) is 0 Å². The molecule has 2 rings (SSSR count). The van der Waals surface area contributed by atoms with Gasteiger partial charge in [0, 0.05) is 34.2 Å². The van der Waals surface area contributed by atoms with Crippen LogP contribution in [0.25, 0.3) is 0 Å². The Morgan fingerprint density at radius 1 is 1.65 bits per heavy atom. The number of rotatable bonds is 0. The molecule has 0 amide bonds. The molecule has 17 heavy (non-hydrogen) atoms. The quantitative estimate of drug-likeness (QED) is 0.492. The van der Waals surface area contributed by atoms with Gasteiger partial charge in [-0.25, -0.2) is 4.39 Å². The molecule has 2 nitrogen and oxygen atoms in total. The molecule has 1 aromatic rings. The van der Waals surface area contributed by atoms with Crippen LogP contribution in [0.2, 0.25) is 0 Å². The Bertz CT molecular complexity index is 514. The monoisotopic (exact) mass is 427 g/mol. The molecule has 1 aliphatic rings. The average molecular weight is 428 g/mol. The van der Waals surface area contributed by atoms with Crippen molar-refractivity contribution in [1.29, 1.82) is 0 Å². The first kappa shape index (κ1) is 13.5. The Hall–Kier alpha value is 0.0300. The Morgan fingerprint density at radius 2 is 2.41 bits per heavy atom. The Balaban J connectivity index is 2.56. The Kier molecular flexibility index (Phi) is 4.58. The number of hydrogen-bond donors (Lipinski definition) is 2. The summed E-state index contributed by atoms with van der Waals surface area (Å²) in [5.74, 6) is 2.45. The molecule has 2 N–H and O–H groups in total. The summed E-state index contributed by atoms with van der Waals surface area (Å²) >= 11 is 5.22. The third-order valence-corrected chi connectivity index (χ3v) is 3.90. The number of fused-ring (bicyclic) bond motifs is 1. The van der Waals surface area contributed by atoms with E-state index in [2.05, 4.69) is 32.4 Å². The van der Waals surface area contributed by atoms with Gasteiger partial charge in [0.05, 0.1) is 21.8 Å². The summed E-state index contributed by atoms with van der Waals surface area (Å²) in [5.41, 5.74) is 1.96. The topological polar surface area (TPSA) is 32.3 Å². The lowest BCUT2D eigenvalue weighted by atomic mass is 9.98. The minimum absolute atomic E-state index is 0.356. The van der Waals surface area contributed by atoms with Crippen molar-refractivity contribution in [1.82, 2.24) is 0 Å². The molecule has 0 fully saturated rings. The smallest absolute Gasteiger partial charge is 0.155 e. The second-order valence-electron chi connectivity index (χ2n) is 3.62. The predicted octanol–water partition coefficient (Wildman–Crippen LogP) is 3.31. The molecule has 1 aromatic carbocycles. The molecule has 0 spiro atoms. The van der Waals surface area contributed by atoms with Crippen LogP contribution in [0.15, 0.2) is 10.5 Å². The lowest BCUT2D eigenvalue weighted by molar-refractivity contribution is 0.184. The fourth-order valence-electron chi connectivity index (χ4n) is 1.77. The van der Waals surface area contributed by atoms with E-state index >= 15 is 0 Å². The average Bonchev–Trinajstić information content (AvgIpc) is 2.30. The van der Waals surface area contributed by atoms with Gasteiger partial charge in [-0.05, 0) is 47.7 Å². The molecule has 0 radical (unpaired) electrons. The summed E-state index contributed by atoms with van der Waals surface area (Å²) in [6.45, 7) is 0.431. The Morgan fingerprint density at radius 3 is 3.12 bits per heavy atom. The van der Waals surface area contributed by atoms with Crippen LogP contribution in [-0.4, -0.2) is 17.8 Å². The van der Waals surface area contributed by atoms with Crippen LogP contribution in [-0.2, 0) is 6.42 Å². The standard InChI is InChI=1S/C11H8BrFINOS/c12-9-4-6-3-7(16)5-15-11(6)8(10(9)13)1-2-17-14/h4,7,15-16H,3,5H2. The van der Waals surface area contributed by atoms with Crippen molar-refractivity contribution in [3.63, 3.8) is 0 Å². The lowest BCUT2D eigenvalue weighted by Gasteiger charge is -2.24. The van der Waals surface area contributed by atoms with Crippen molar-refractivity contribution < 1.29 is 9.50 Å². The van der Waals surface area contributed by atoms with E-state index in [1.165, 1.54) is 8.93 Å². The van der Waals surface area contributed by atoms with Crippen LogP contribution in [0.1, 0.15) is 11.1 Å².